The molecule has 0 bridgehead atoms. The molecular weight excluding hydrogens is 384 g/mol. The molecule has 1 fully saturated rings. The van der Waals surface area contributed by atoms with Crippen molar-refractivity contribution in [2.75, 3.05) is 11.5 Å². The summed E-state index contributed by atoms with van der Waals surface area (Å²) in [4.78, 5) is 7.69. The van der Waals surface area contributed by atoms with E-state index in [1.807, 2.05) is 12.1 Å². The van der Waals surface area contributed by atoms with Gasteiger partial charge in [0.25, 0.3) is 5.22 Å². The largest absolute Gasteiger partial charge is 0.416 e. The van der Waals surface area contributed by atoms with Crippen LogP contribution in [-0.4, -0.2) is 40.1 Å². The molecule has 0 spiro atoms. The van der Waals surface area contributed by atoms with E-state index in [4.69, 9.17) is 16.0 Å². The summed E-state index contributed by atoms with van der Waals surface area (Å²) in [5.74, 6) is 2.38. The Labute approximate surface area is 153 Å². The number of thioether (sulfide) groups is 1. The minimum Gasteiger partial charge on any atom is -0.416 e. The Bertz CT molecular complexity index is 1010. The summed E-state index contributed by atoms with van der Waals surface area (Å²) in [7, 11) is -2.89. The summed E-state index contributed by atoms with van der Waals surface area (Å²) in [5, 5.41) is 9.14. The highest BCUT2D eigenvalue weighted by atomic mass is 35.5. The lowest BCUT2D eigenvalue weighted by atomic mass is 10.1. The molecule has 0 radical (unpaired) electrons. The van der Waals surface area contributed by atoms with Gasteiger partial charge in [0.2, 0.25) is 5.89 Å². The van der Waals surface area contributed by atoms with Crippen molar-refractivity contribution in [1.82, 2.24) is 20.2 Å². The summed E-state index contributed by atoms with van der Waals surface area (Å²) in [5.41, 5.74) is 1.74. The minimum absolute atomic E-state index is 0.0726. The van der Waals surface area contributed by atoms with Gasteiger partial charge in [-0.1, -0.05) is 23.4 Å². The van der Waals surface area contributed by atoms with Crippen molar-refractivity contribution in [3.8, 4) is 0 Å². The number of imidazole rings is 1. The number of rotatable bonds is 5. The fourth-order valence-electron chi connectivity index (χ4n) is 2.89. The van der Waals surface area contributed by atoms with Crippen LogP contribution in [0.4, 0.5) is 0 Å². The number of nitrogens with zero attached hydrogens (tertiary/aromatic N) is 3. The van der Waals surface area contributed by atoms with Gasteiger partial charge in [-0.25, -0.2) is 13.4 Å². The molecule has 1 atom stereocenters. The fourth-order valence-corrected chi connectivity index (χ4v) is 5.58. The van der Waals surface area contributed by atoms with E-state index in [-0.39, 0.29) is 17.4 Å². The molecule has 7 nitrogen and oxygen atoms in total. The normalized spacial score (nSPS) is 19.6. The van der Waals surface area contributed by atoms with Crippen LogP contribution in [0.15, 0.2) is 27.8 Å². The van der Waals surface area contributed by atoms with Gasteiger partial charge in [-0.3, -0.25) is 0 Å². The number of H-pyrrole nitrogens is 1. The van der Waals surface area contributed by atoms with Gasteiger partial charge in [-0.05, 0) is 30.5 Å². The summed E-state index contributed by atoms with van der Waals surface area (Å²) < 4.78 is 28.6. The number of nitrogens with one attached hydrogen (secondary N) is 1. The molecule has 0 saturated carbocycles. The molecule has 1 aliphatic heterocycles. The first-order valence-electron chi connectivity index (χ1n) is 7.77. The molecule has 132 valence electrons. The molecule has 0 amide bonds. The van der Waals surface area contributed by atoms with Crippen LogP contribution in [0.25, 0.3) is 11.0 Å². The lowest BCUT2D eigenvalue weighted by molar-refractivity contribution is 0.389. The van der Waals surface area contributed by atoms with Crippen molar-refractivity contribution >= 4 is 44.2 Å². The molecule has 1 saturated heterocycles. The number of halogens is 1. The number of aromatic nitrogens is 4. The number of aromatic amines is 1. The minimum atomic E-state index is -2.89. The molecule has 10 heteroatoms. The number of hydrogen-bond donors (Lipinski definition) is 1. The van der Waals surface area contributed by atoms with E-state index in [0.29, 0.717) is 34.7 Å². The van der Waals surface area contributed by atoms with E-state index >= 15 is 0 Å². The molecule has 0 aliphatic carbocycles. The molecule has 3 aromatic rings. The maximum atomic E-state index is 11.5. The number of hydrogen-bond acceptors (Lipinski definition) is 7. The molecule has 4 rings (SSSR count). The van der Waals surface area contributed by atoms with Gasteiger partial charge in [0.1, 0.15) is 5.82 Å². The van der Waals surface area contributed by atoms with E-state index in [2.05, 4.69) is 20.2 Å². The summed E-state index contributed by atoms with van der Waals surface area (Å²) in [6.45, 7) is 0. The van der Waals surface area contributed by atoms with Gasteiger partial charge >= 0.3 is 0 Å². The second-order valence-electron chi connectivity index (χ2n) is 6.07. The van der Waals surface area contributed by atoms with Crippen LogP contribution in [0, 0.1) is 5.92 Å². The number of fused-ring (bicyclic) bond motifs is 1. The Hall–Kier alpha value is -1.58. The first-order chi connectivity index (χ1) is 12.0. The fraction of sp³-hybridized carbons (Fsp3) is 0.400. The maximum Gasteiger partial charge on any atom is 0.277 e. The molecule has 1 aliphatic rings. The van der Waals surface area contributed by atoms with Crippen molar-refractivity contribution in [1.29, 1.82) is 0 Å². The van der Waals surface area contributed by atoms with E-state index in [1.54, 1.807) is 6.07 Å². The van der Waals surface area contributed by atoms with Crippen molar-refractivity contribution in [3.05, 3.63) is 34.9 Å². The second kappa shape index (κ2) is 6.62. The van der Waals surface area contributed by atoms with Crippen molar-refractivity contribution in [3.63, 3.8) is 0 Å². The van der Waals surface area contributed by atoms with E-state index in [1.165, 1.54) is 11.8 Å². The average Bonchev–Trinajstić information content (AvgIpc) is 3.24. The highest BCUT2D eigenvalue weighted by Crippen LogP contribution is 2.26. The van der Waals surface area contributed by atoms with Crippen LogP contribution < -0.4 is 0 Å². The smallest absolute Gasteiger partial charge is 0.277 e. The van der Waals surface area contributed by atoms with Crippen LogP contribution in [-0.2, 0) is 22.0 Å². The molecular formula is C15H15ClN4O3S2. The summed E-state index contributed by atoms with van der Waals surface area (Å²) >= 11 is 7.35. The molecule has 1 aromatic carbocycles. The Kier molecular flexibility index (Phi) is 4.47. The van der Waals surface area contributed by atoms with Crippen molar-refractivity contribution < 1.29 is 12.8 Å². The third-order valence-electron chi connectivity index (χ3n) is 4.06. The van der Waals surface area contributed by atoms with Gasteiger partial charge in [0.05, 0.1) is 28.3 Å². The molecule has 1 N–H and O–H groups in total. The van der Waals surface area contributed by atoms with Gasteiger partial charge in [0, 0.05) is 11.4 Å². The standard InChI is InChI=1S/C15H15ClN4O3S2/c16-10-1-2-11-12(6-10)18-13(17-11)7-24-15-20-19-14(23-15)5-9-3-4-25(21,22)8-9/h1-2,6,9H,3-5,7-8H2,(H,17,18). The van der Waals surface area contributed by atoms with Crippen LogP contribution in [0.3, 0.4) is 0 Å². The molecule has 2 aromatic heterocycles. The average molecular weight is 399 g/mol. The summed E-state index contributed by atoms with van der Waals surface area (Å²) in [6.07, 6.45) is 1.17. The van der Waals surface area contributed by atoms with Gasteiger partial charge in [0.15, 0.2) is 9.84 Å². The lowest BCUT2D eigenvalue weighted by Gasteiger charge is -2.01. The maximum absolute atomic E-state index is 11.5. The first kappa shape index (κ1) is 16.9. The topological polar surface area (TPSA) is 102 Å². The van der Waals surface area contributed by atoms with E-state index in [0.717, 1.165) is 16.9 Å². The second-order valence-corrected chi connectivity index (χ2v) is 9.66. The zero-order chi connectivity index (χ0) is 17.4. The predicted molar refractivity (Wildman–Crippen MR) is 95.4 cm³/mol. The van der Waals surface area contributed by atoms with E-state index in [9.17, 15) is 8.42 Å². The summed E-state index contributed by atoms with van der Waals surface area (Å²) in [6, 6.07) is 5.50. The zero-order valence-corrected chi connectivity index (χ0v) is 15.5. The van der Waals surface area contributed by atoms with Crippen LogP contribution in [0.5, 0.6) is 0 Å². The third-order valence-corrected chi connectivity index (χ3v) is 6.97. The predicted octanol–water partition coefficient (Wildman–Crippen LogP) is 2.87. The molecule has 1 unspecified atom stereocenters. The monoisotopic (exact) mass is 398 g/mol. The Morgan fingerprint density at radius 2 is 2.24 bits per heavy atom. The molecule has 3 heterocycles. The SMILES string of the molecule is O=S1(=O)CCC(Cc2nnc(SCc3nc4ccc(Cl)cc4[nH]3)o2)C1. The Morgan fingerprint density at radius 1 is 1.36 bits per heavy atom. The van der Waals surface area contributed by atoms with Crippen LogP contribution in [0.1, 0.15) is 18.1 Å². The Balaban J connectivity index is 1.37. The lowest BCUT2D eigenvalue weighted by Crippen LogP contribution is -2.07. The Morgan fingerprint density at radius 3 is 3.04 bits per heavy atom. The first-order valence-corrected chi connectivity index (χ1v) is 10.9. The van der Waals surface area contributed by atoms with E-state index < -0.39 is 9.84 Å². The van der Waals surface area contributed by atoms with Gasteiger partial charge in [-0.2, -0.15) is 0 Å². The highest BCUT2D eigenvalue weighted by Gasteiger charge is 2.29. The van der Waals surface area contributed by atoms with Crippen LogP contribution in [0.2, 0.25) is 5.02 Å². The quantitative estimate of drug-likeness (QED) is 0.659. The van der Waals surface area contributed by atoms with Crippen molar-refractivity contribution in [2.45, 2.75) is 23.8 Å². The highest BCUT2D eigenvalue weighted by molar-refractivity contribution is 7.98. The van der Waals surface area contributed by atoms with Gasteiger partial charge < -0.3 is 9.40 Å². The van der Waals surface area contributed by atoms with Gasteiger partial charge in [-0.15, -0.1) is 10.2 Å². The zero-order valence-electron chi connectivity index (χ0n) is 13.1. The van der Waals surface area contributed by atoms with Crippen LogP contribution >= 0.6 is 23.4 Å². The molecule has 25 heavy (non-hydrogen) atoms. The number of sulfone groups is 1. The number of benzene rings is 1. The third kappa shape index (κ3) is 3.99. The van der Waals surface area contributed by atoms with Crippen molar-refractivity contribution in [2.24, 2.45) is 5.92 Å².